The molecule has 1 saturated heterocycles. The van der Waals surface area contributed by atoms with Gasteiger partial charge in [-0.2, -0.15) is 0 Å². The number of hydrogen-bond donors (Lipinski definition) is 1. The van der Waals surface area contributed by atoms with Crippen LogP contribution in [0.2, 0.25) is 0 Å². The number of amides is 1. The summed E-state index contributed by atoms with van der Waals surface area (Å²) in [5, 5.41) is 5.77. The second-order valence-corrected chi connectivity index (χ2v) is 9.34. The summed E-state index contributed by atoms with van der Waals surface area (Å²) >= 11 is 1.73. The van der Waals surface area contributed by atoms with Gasteiger partial charge < -0.3 is 15.1 Å². The first-order chi connectivity index (χ1) is 15.7. The molecule has 1 aromatic carbocycles. The van der Waals surface area contributed by atoms with Crippen molar-refractivity contribution in [2.24, 2.45) is 0 Å². The number of nitrogens with one attached hydrogen (secondary N) is 1. The number of piperidine rings is 1. The molecule has 0 unspecified atom stereocenters. The molecule has 1 N–H and O–H groups in total. The Bertz CT molecular complexity index is 1020. The molecule has 1 fully saturated rings. The molecule has 0 radical (unpaired) electrons. The van der Waals surface area contributed by atoms with Crippen LogP contribution in [-0.4, -0.2) is 60.0 Å². The first-order valence-electron chi connectivity index (χ1n) is 11.9. The first-order valence-corrected chi connectivity index (χ1v) is 12.8. The summed E-state index contributed by atoms with van der Waals surface area (Å²) in [5.41, 5.74) is 4.88. The average Bonchev–Trinajstić information content (AvgIpc) is 3.32. The number of pyridine rings is 1. The molecule has 3 aromatic rings. The van der Waals surface area contributed by atoms with Crippen molar-refractivity contribution in [1.82, 2.24) is 14.8 Å². The zero-order valence-corrected chi connectivity index (χ0v) is 20.1. The highest BCUT2D eigenvalue weighted by Gasteiger charge is 2.14. The summed E-state index contributed by atoms with van der Waals surface area (Å²) < 4.78 is 1.21. The highest BCUT2D eigenvalue weighted by atomic mass is 32.1. The van der Waals surface area contributed by atoms with Gasteiger partial charge in [0.25, 0.3) is 5.91 Å². The van der Waals surface area contributed by atoms with E-state index < -0.39 is 0 Å². The third kappa shape index (κ3) is 5.30. The predicted molar refractivity (Wildman–Crippen MR) is 136 cm³/mol. The third-order valence-electron chi connectivity index (χ3n) is 6.30. The van der Waals surface area contributed by atoms with Gasteiger partial charge in [-0.05, 0) is 82.4 Å². The number of anilines is 1. The Labute approximate surface area is 195 Å². The van der Waals surface area contributed by atoms with Crippen molar-refractivity contribution in [2.75, 3.05) is 44.6 Å². The standard InChI is InChI=1S/C26H34N4OS/c1-3-30(4-2)26(31)21-11-9-20(10-12-21)23-19-24(25-22(28-23)13-18-32-25)27-14-8-17-29-15-6-5-7-16-29/h9-13,18-19H,3-8,14-17H2,1-2H3,(H,27,28). The van der Waals surface area contributed by atoms with Crippen molar-refractivity contribution in [3.05, 3.63) is 47.3 Å². The number of rotatable bonds is 9. The minimum Gasteiger partial charge on any atom is -0.384 e. The maximum atomic E-state index is 12.6. The molecule has 4 rings (SSSR count). The fourth-order valence-corrected chi connectivity index (χ4v) is 5.25. The highest BCUT2D eigenvalue weighted by molar-refractivity contribution is 7.17. The molecule has 0 saturated carbocycles. The minimum atomic E-state index is 0.0823. The van der Waals surface area contributed by atoms with E-state index in [9.17, 15) is 4.79 Å². The van der Waals surface area contributed by atoms with Gasteiger partial charge in [0.05, 0.1) is 21.6 Å². The molecule has 0 spiro atoms. The molecule has 170 valence electrons. The molecule has 1 aliphatic heterocycles. The summed E-state index contributed by atoms with van der Waals surface area (Å²) in [6, 6.07) is 12.1. The van der Waals surface area contributed by atoms with E-state index in [1.54, 1.807) is 11.3 Å². The molecular weight excluding hydrogens is 416 g/mol. The molecule has 2 aromatic heterocycles. The van der Waals surface area contributed by atoms with Gasteiger partial charge in [-0.15, -0.1) is 11.3 Å². The fraction of sp³-hybridized carbons (Fsp3) is 0.462. The van der Waals surface area contributed by atoms with Crippen molar-refractivity contribution in [3.63, 3.8) is 0 Å². The van der Waals surface area contributed by atoms with Crippen LogP contribution in [0.25, 0.3) is 21.5 Å². The summed E-state index contributed by atoms with van der Waals surface area (Å²) in [4.78, 5) is 21.9. The van der Waals surface area contributed by atoms with Crippen molar-refractivity contribution in [2.45, 2.75) is 39.5 Å². The van der Waals surface area contributed by atoms with Crippen LogP contribution in [-0.2, 0) is 0 Å². The molecular formula is C26H34N4OS. The summed E-state index contributed by atoms with van der Waals surface area (Å²) in [5.74, 6) is 0.0823. The predicted octanol–water partition coefficient (Wildman–Crippen LogP) is 5.73. The smallest absolute Gasteiger partial charge is 0.253 e. The van der Waals surface area contributed by atoms with Crippen LogP contribution < -0.4 is 5.32 Å². The van der Waals surface area contributed by atoms with E-state index in [2.05, 4.69) is 27.7 Å². The van der Waals surface area contributed by atoms with Gasteiger partial charge in [-0.3, -0.25) is 4.79 Å². The maximum Gasteiger partial charge on any atom is 0.253 e. The number of carbonyl (C=O) groups is 1. The Balaban J connectivity index is 1.46. The van der Waals surface area contributed by atoms with Crippen LogP contribution in [0.3, 0.4) is 0 Å². The Hall–Kier alpha value is -2.44. The van der Waals surface area contributed by atoms with Crippen LogP contribution in [0.5, 0.6) is 0 Å². The zero-order chi connectivity index (χ0) is 22.3. The normalized spacial score (nSPS) is 14.6. The number of aromatic nitrogens is 1. The van der Waals surface area contributed by atoms with Crippen LogP contribution in [0.4, 0.5) is 5.69 Å². The lowest BCUT2D eigenvalue weighted by Gasteiger charge is -2.26. The van der Waals surface area contributed by atoms with Crippen molar-refractivity contribution in [3.8, 4) is 11.3 Å². The van der Waals surface area contributed by atoms with Crippen LogP contribution >= 0.6 is 11.3 Å². The second kappa shape index (κ2) is 10.9. The van der Waals surface area contributed by atoms with Gasteiger partial charge in [0, 0.05) is 30.8 Å². The van der Waals surface area contributed by atoms with Gasteiger partial charge in [0.1, 0.15) is 0 Å². The number of likely N-dealkylation sites (tertiary alicyclic amines) is 1. The highest BCUT2D eigenvalue weighted by Crippen LogP contribution is 2.32. The molecule has 0 aliphatic carbocycles. The van der Waals surface area contributed by atoms with E-state index in [1.807, 2.05) is 43.0 Å². The molecule has 0 atom stereocenters. The molecule has 32 heavy (non-hydrogen) atoms. The van der Waals surface area contributed by atoms with Gasteiger partial charge >= 0.3 is 0 Å². The number of thiophene rings is 1. The van der Waals surface area contributed by atoms with E-state index in [-0.39, 0.29) is 5.91 Å². The van der Waals surface area contributed by atoms with E-state index >= 15 is 0 Å². The molecule has 6 heteroatoms. The monoisotopic (exact) mass is 450 g/mol. The summed E-state index contributed by atoms with van der Waals surface area (Å²) in [6.07, 6.45) is 5.22. The number of nitrogens with zero attached hydrogens (tertiary/aromatic N) is 3. The molecule has 1 amide bonds. The lowest BCUT2D eigenvalue weighted by Crippen LogP contribution is -2.31. The third-order valence-corrected chi connectivity index (χ3v) is 7.24. The second-order valence-electron chi connectivity index (χ2n) is 8.43. The first kappa shape index (κ1) is 22.7. The lowest BCUT2D eigenvalue weighted by molar-refractivity contribution is 0.0773. The van der Waals surface area contributed by atoms with Crippen molar-refractivity contribution < 1.29 is 4.79 Å². The van der Waals surface area contributed by atoms with Gasteiger partial charge in [0.15, 0.2) is 0 Å². The van der Waals surface area contributed by atoms with Crippen LogP contribution in [0.1, 0.15) is 49.9 Å². The van der Waals surface area contributed by atoms with E-state index in [4.69, 9.17) is 4.98 Å². The van der Waals surface area contributed by atoms with E-state index in [0.29, 0.717) is 0 Å². The zero-order valence-electron chi connectivity index (χ0n) is 19.3. The van der Waals surface area contributed by atoms with E-state index in [0.717, 1.165) is 54.1 Å². The van der Waals surface area contributed by atoms with Gasteiger partial charge in [-0.25, -0.2) is 4.98 Å². The fourth-order valence-electron chi connectivity index (χ4n) is 4.42. The Morgan fingerprint density at radius 2 is 1.84 bits per heavy atom. The topological polar surface area (TPSA) is 48.5 Å². The number of fused-ring (bicyclic) bond motifs is 1. The van der Waals surface area contributed by atoms with Crippen molar-refractivity contribution in [1.29, 1.82) is 0 Å². The van der Waals surface area contributed by atoms with Gasteiger partial charge in [0.2, 0.25) is 0 Å². The summed E-state index contributed by atoms with van der Waals surface area (Å²) in [6.45, 7) is 10.1. The average molecular weight is 451 g/mol. The lowest BCUT2D eigenvalue weighted by atomic mass is 10.1. The van der Waals surface area contributed by atoms with Crippen LogP contribution in [0, 0.1) is 0 Å². The Morgan fingerprint density at radius 3 is 2.56 bits per heavy atom. The molecule has 3 heterocycles. The maximum absolute atomic E-state index is 12.6. The Morgan fingerprint density at radius 1 is 1.09 bits per heavy atom. The number of carbonyl (C=O) groups excluding carboxylic acids is 1. The van der Waals surface area contributed by atoms with E-state index in [1.165, 1.54) is 43.6 Å². The number of hydrogen-bond acceptors (Lipinski definition) is 5. The van der Waals surface area contributed by atoms with Crippen LogP contribution in [0.15, 0.2) is 41.8 Å². The van der Waals surface area contributed by atoms with Gasteiger partial charge in [-0.1, -0.05) is 18.6 Å². The SMILES string of the molecule is CCN(CC)C(=O)c1ccc(-c2cc(NCCCN3CCCCC3)c3sccc3n2)cc1. The molecule has 5 nitrogen and oxygen atoms in total. The Kier molecular flexibility index (Phi) is 7.76. The largest absolute Gasteiger partial charge is 0.384 e. The quantitative estimate of drug-likeness (QED) is 0.423. The summed E-state index contributed by atoms with van der Waals surface area (Å²) in [7, 11) is 0. The minimum absolute atomic E-state index is 0.0823. The molecule has 0 bridgehead atoms. The van der Waals surface area contributed by atoms with Crippen molar-refractivity contribution >= 4 is 33.1 Å². The number of benzene rings is 1. The molecule has 1 aliphatic rings.